The van der Waals surface area contributed by atoms with Crippen LogP contribution in [0.25, 0.3) is 11.2 Å². The van der Waals surface area contributed by atoms with Gasteiger partial charge in [0.25, 0.3) is 5.56 Å². The second-order valence-corrected chi connectivity index (χ2v) is 5.50. The highest BCUT2D eigenvalue weighted by atomic mass is 16.2. The van der Waals surface area contributed by atoms with E-state index in [1.165, 1.54) is 24.5 Å². The van der Waals surface area contributed by atoms with Crippen LogP contribution < -0.4 is 21.9 Å². The molecule has 1 saturated heterocycles. The third kappa shape index (κ3) is 2.46. The summed E-state index contributed by atoms with van der Waals surface area (Å²) in [6.45, 7) is 1.86. The van der Waals surface area contributed by atoms with E-state index in [0.29, 0.717) is 23.2 Å². The Morgan fingerprint density at radius 1 is 1.33 bits per heavy atom. The molecule has 1 aliphatic heterocycles. The lowest BCUT2D eigenvalue weighted by Gasteiger charge is -2.09. The van der Waals surface area contributed by atoms with E-state index in [0.717, 1.165) is 24.1 Å². The van der Waals surface area contributed by atoms with E-state index in [4.69, 9.17) is 0 Å². The SMILES string of the molecule is Cn1c(=O)c2[nH]c(NCC[C@H]3CCCN3)nc2n(C)c1=O. The summed E-state index contributed by atoms with van der Waals surface area (Å²) in [5.74, 6) is 0.529. The molecule has 3 rings (SSSR count). The molecule has 2 aromatic rings. The molecule has 3 heterocycles. The van der Waals surface area contributed by atoms with Crippen molar-refractivity contribution in [3.63, 3.8) is 0 Å². The number of aryl methyl sites for hydroxylation is 1. The number of rotatable bonds is 4. The van der Waals surface area contributed by atoms with Crippen LogP contribution >= 0.6 is 0 Å². The van der Waals surface area contributed by atoms with E-state index in [9.17, 15) is 9.59 Å². The van der Waals surface area contributed by atoms with Gasteiger partial charge in [-0.3, -0.25) is 13.9 Å². The number of imidazole rings is 1. The number of anilines is 1. The third-order valence-corrected chi connectivity index (χ3v) is 4.04. The lowest BCUT2D eigenvalue weighted by molar-refractivity contribution is 0.574. The molecule has 0 aromatic carbocycles. The van der Waals surface area contributed by atoms with Gasteiger partial charge < -0.3 is 15.6 Å². The fourth-order valence-corrected chi connectivity index (χ4v) is 2.78. The number of hydrogen-bond donors (Lipinski definition) is 3. The molecule has 1 aliphatic rings. The van der Waals surface area contributed by atoms with Crippen molar-refractivity contribution < 1.29 is 0 Å². The molecule has 2 aromatic heterocycles. The predicted molar refractivity (Wildman–Crippen MR) is 80.7 cm³/mol. The summed E-state index contributed by atoms with van der Waals surface area (Å²) in [7, 11) is 3.07. The van der Waals surface area contributed by atoms with Gasteiger partial charge in [0.05, 0.1) is 0 Å². The zero-order valence-corrected chi connectivity index (χ0v) is 12.3. The van der Waals surface area contributed by atoms with Crippen molar-refractivity contribution in [3.8, 4) is 0 Å². The molecule has 0 unspecified atom stereocenters. The van der Waals surface area contributed by atoms with Crippen LogP contribution in [-0.4, -0.2) is 38.2 Å². The van der Waals surface area contributed by atoms with Gasteiger partial charge in [-0.05, 0) is 25.8 Å². The van der Waals surface area contributed by atoms with Crippen molar-refractivity contribution in [1.82, 2.24) is 24.4 Å². The van der Waals surface area contributed by atoms with Crippen LogP contribution in [0.4, 0.5) is 5.95 Å². The summed E-state index contributed by atoms with van der Waals surface area (Å²) >= 11 is 0. The minimum atomic E-state index is -0.374. The molecule has 114 valence electrons. The van der Waals surface area contributed by atoms with Crippen molar-refractivity contribution in [3.05, 3.63) is 20.8 Å². The average Bonchev–Trinajstić information content (AvgIpc) is 3.12. The summed E-state index contributed by atoms with van der Waals surface area (Å²) in [6, 6.07) is 0.555. The zero-order valence-electron chi connectivity index (χ0n) is 12.3. The van der Waals surface area contributed by atoms with E-state index in [1.807, 2.05) is 0 Å². The van der Waals surface area contributed by atoms with Gasteiger partial charge in [-0.2, -0.15) is 4.98 Å². The monoisotopic (exact) mass is 292 g/mol. The highest BCUT2D eigenvalue weighted by molar-refractivity contribution is 5.72. The molecular weight excluding hydrogens is 272 g/mol. The fourth-order valence-electron chi connectivity index (χ4n) is 2.78. The number of fused-ring (bicyclic) bond motifs is 1. The van der Waals surface area contributed by atoms with Crippen LogP contribution in [0, 0.1) is 0 Å². The van der Waals surface area contributed by atoms with Crippen LogP contribution in [0.2, 0.25) is 0 Å². The first kappa shape index (κ1) is 13.9. The van der Waals surface area contributed by atoms with Gasteiger partial charge in [0.15, 0.2) is 11.2 Å². The maximum absolute atomic E-state index is 12.0. The predicted octanol–water partition coefficient (Wildman–Crippen LogP) is -0.486. The average molecular weight is 292 g/mol. The molecule has 8 heteroatoms. The molecule has 0 bridgehead atoms. The number of H-pyrrole nitrogens is 1. The summed E-state index contributed by atoms with van der Waals surface area (Å²) in [5.41, 5.74) is -0.00232. The Bertz CT molecular complexity index is 765. The van der Waals surface area contributed by atoms with Crippen LogP contribution in [0.15, 0.2) is 9.59 Å². The number of hydrogen-bond acceptors (Lipinski definition) is 5. The Morgan fingerprint density at radius 3 is 2.86 bits per heavy atom. The molecule has 1 atom stereocenters. The van der Waals surface area contributed by atoms with Gasteiger partial charge >= 0.3 is 5.69 Å². The Hall–Kier alpha value is -2.09. The van der Waals surface area contributed by atoms with E-state index in [2.05, 4.69) is 20.6 Å². The number of aromatic amines is 1. The first-order chi connectivity index (χ1) is 10.1. The van der Waals surface area contributed by atoms with E-state index >= 15 is 0 Å². The highest BCUT2D eigenvalue weighted by Crippen LogP contribution is 2.11. The lowest BCUT2D eigenvalue weighted by Crippen LogP contribution is -2.36. The molecule has 1 fully saturated rings. The van der Waals surface area contributed by atoms with E-state index in [1.54, 1.807) is 7.05 Å². The Kier molecular flexibility index (Phi) is 3.54. The van der Waals surface area contributed by atoms with E-state index < -0.39 is 0 Å². The second kappa shape index (κ2) is 5.36. The lowest BCUT2D eigenvalue weighted by atomic mass is 10.2. The first-order valence-electron chi connectivity index (χ1n) is 7.21. The molecular formula is C13H20N6O2. The second-order valence-electron chi connectivity index (χ2n) is 5.50. The smallest absolute Gasteiger partial charge is 0.332 e. The summed E-state index contributed by atoms with van der Waals surface area (Å²) in [4.78, 5) is 31.1. The molecule has 0 saturated carbocycles. The van der Waals surface area contributed by atoms with Crippen molar-refractivity contribution in [1.29, 1.82) is 0 Å². The maximum atomic E-state index is 12.0. The van der Waals surface area contributed by atoms with Crippen LogP contribution in [0.1, 0.15) is 19.3 Å². The standard InChI is InChI=1S/C13H20N6O2/c1-18-10-9(11(20)19(2)13(18)21)16-12(17-10)15-7-5-8-4-3-6-14-8/h8,14H,3-7H2,1-2H3,(H2,15,16,17)/t8-/m1/s1. The van der Waals surface area contributed by atoms with Crippen molar-refractivity contribution in [2.24, 2.45) is 14.1 Å². The first-order valence-corrected chi connectivity index (χ1v) is 7.21. The van der Waals surface area contributed by atoms with Gasteiger partial charge in [-0.1, -0.05) is 0 Å². The summed E-state index contributed by atoms with van der Waals surface area (Å²) in [6.07, 6.45) is 3.44. The molecule has 0 amide bonds. The molecule has 21 heavy (non-hydrogen) atoms. The summed E-state index contributed by atoms with van der Waals surface area (Å²) < 4.78 is 2.45. The van der Waals surface area contributed by atoms with Gasteiger partial charge in [-0.15, -0.1) is 0 Å². The van der Waals surface area contributed by atoms with Crippen LogP contribution in [0.5, 0.6) is 0 Å². The fraction of sp³-hybridized carbons (Fsp3) is 0.615. The Labute approximate surface area is 121 Å². The zero-order chi connectivity index (χ0) is 15.0. The van der Waals surface area contributed by atoms with E-state index in [-0.39, 0.29) is 11.2 Å². The van der Waals surface area contributed by atoms with Gasteiger partial charge in [0, 0.05) is 26.7 Å². The van der Waals surface area contributed by atoms with Crippen LogP contribution in [-0.2, 0) is 14.1 Å². The van der Waals surface area contributed by atoms with Crippen molar-refractivity contribution >= 4 is 17.1 Å². The van der Waals surface area contributed by atoms with Crippen molar-refractivity contribution in [2.45, 2.75) is 25.3 Å². The Balaban J connectivity index is 1.81. The number of nitrogens with one attached hydrogen (secondary N) is 3. The summed E-state index contributed by atoms with van der Waals surface area (Å²) in [5, 5.41) is 6.62. The van der Waals surface area contributed by atoms with Gasteiger partial charge in [0.2, 0.25) is 5.95 Å². The molecule has 8 nitrogen and oxygen atoms in total. The van der Waals surface area contributed by atoms with Gasteiger partial charge in [0.1, 0.15) is 0 Å². The number of nitrogens with zero attached hydrogens (tertiary/aromatic N) is 3. The molecule has 0 radical (unpaired) electrons. The Morgan fingerprint density at radius 2 is 2.14 bits per heavy atom. The molecule has 0 spiro atoms. The largest absolute Gasteiger partial charge is 0.356 e. The molecule has 3 N–H and O–H groups in total. The highest BCUT2D eigenvalue weighted by Gasteiger charge is 2.15. The van der Waals surface area contributed by atoms with Crippen molar-refractivity contribution in [2.75, 3.05) is 18.4 Å². The quantitative estimate of drug-likeness (QED) is 0.707. The number of aromatic nitrogens is 4. The minimum absolute atomic E-state index is 0.348. The van der Waals surface area contributed by atoms with Crippen LogP contribution in [0.3, 0.4) is 0 Å². The molecule has 0 aliphatic carbocycles. The minimum Gasteiger partial charge on any atom is -0.356 e. The normalized spacial score (nSPS) is 18.5. The topological polar surface area (TPSA) is 96.7 Å². The van der Waals surface area contributed by atoms with Gasteiger partial charge in [-0.25, -0.2) is 4.79 Å². The third-order valence-electron chi connectivity index (χ3n) is 4.04. The maximum Gasteiger partial charge on any atom is 0.332 e.